The summed E-state index contributed by atoms with van der Waals surface area (Å²) < 4.78 is 13.0. The maximum atomic E-state index is 13.6. The van der Waals surface area contributed by atoms with Crippen molar-refractivity contribution >= 4 is 17.6 Å². The molecule has 6 rings (SSSR count). The Hall–Kier alpha value is -2.38. The molecule has 2 bridgehead atoms. The summed E-state index contributed by atoms with van der Waals surface area (Å²) in [5.41, 5.74) is -0.827. The molecule has 1 N–H and O–H groups in total. The summed E-state index contributed by atoms with van der Waals surface area (Å²) in [6, 6.07) is 25.5. The summed E-state index contributed by atoms with van der Waals surface area (Å²) in [5, 5.41) is 12.5. The maximum absolute atomic E-state index is 13.6. The lowest BCUT2D eigenvalue weighted by Gasteiger charge is -2.52. The summed E-state index contributed by atoms with van der Waals surface area (Å²) in [5.74, 6) is 0.523. The number of hydrogen-bond donors (Lipinski definition) is 1. The average molecular weight is 573 g/mol. The van der Waals surface area contributed by atoms with Gasteiger partial charge in [0.15, 0.2) is 6.10 Å². The number of piperidine rings is 3. The normalized spacial score (nSPS) is 22.9. The monoisotopic (exact) mass is 571 g/mol. The van der Waals surface area contributed by atoms with E-state index < -0.39 is 11.6 Å². The zero-order chi connectivity index (χ0) is 24.3. The first-order valence-corrected chi connectivity index (χ1v) is 12.6. The van der Waals surface area contributed by atoms with Gasteiger partial charge >= 0.3 is 5.97 Å². The third-order valence-corrected chi connectivity index (χ3v) is 7.88. The molecule has 3 aromatic carbocycles. The maximum Gasteiger partial charge on any atom is 0.348 e. The van der Waals surface area contributed by atoms with Crippen LogP contribution in [0.1, 0.15) is 24.0 Å². The Kier molecular flexibility index (Phi) is 8.41. The first-order valence-electron chi connectivity index (χ1n) is 12.3. The minimum Gasteiger partial charge on any atom is -1.00 e. The van der Waals surface area contributed by atoms with Gasteiger partial charge in [0.25, 0.3) is 0 Å². The molecule has 0 saturated carbocycles. The van der Waals surface area contributed by atoms with E-state index in [0.29, 0.717) is 28.7 Å². The first kappa shape index (κ1) is 26.7. The van der Waals surface area contributed by atoms with Crippen molar-refractivity contribution in [1.82, 2.24) is 0 Å². The molecule has 5 nitrogen and oxygen atoms in total. The van der Waals surface area contributed by atoms with E-state index in [-0.39, 0.29) is 23.1 Å². The van der Waals surface area contributed by atoms with Crippen LogP contribution in [0.5, 0.6) is 5.75 Å². The van der Waals surface area contributed by atoms with Crippen LogP contribution in [-0.2, 0) is 15.1 Å². The van der Waals surface area contributed by atoms with Gasteiger partial charge < -0.3 is 36.0 Å². The summed E-state index contributed by atoms with van der Waals surface area (Å²) in [6.45, 7) is 4.31. The van der Waals surface area contributed by atoms with E-state index in [1.54, 1.807) is 24.3 Å². The quantitative estimate of drug-likeness (QED) is 0.331. The van der Waals surface area contributed by atoms with Crippen LogP contribution in [0.4, 0.5) is 0 Å². The van der Waals surface area contributed by atoms with E-state index in [9.17, 15) is 9.90 Å². The number of halogens is 2. The average Bonchev–Trinajstić information content (AvgIpc) is 2.91. The molecule has 3 aliphatic heterocycles. The highest BCUT2D eigenvalue weighted by atomic mass is 79.9. The van der Waals surface area contributed by atoms with E-state index in [1.165, 1.54) is 0 Å². The predicted molar refractivity (Wildman–Crippen MR) is 135 cm³/mol. The largest absolute Gasteiger partial charge is 1.00 e. The van der Waals surface area contributed by atoms with E-state index in [0.717, 1.165) is 49.3 Å². The molecular weight excluding hydrogens is 542 g/mol. The van der Waals surface area contributed by atoms with Gasteiger partial charge in [0, 0.05) is 23.8 Å². The molecule has 0 radical (unpaired) electrons. The Morgan fingerprint density at radius 2 is 1.47 bits per heavy atom. The van der Waals surface area contributed by atoms with Gasteiger partial charge in [0.1, 0.15) is 25.4 Å². The van der Waals surface area contributed by atoms with Crippen molar-refractivity contribution in [3.05, 3.63) is 101 Å². The number of quaternary nitrogens is 1. The lowest BCUT2D eigenvalue weighted by atomic mass is 9.82. The van der Waals surface area contributed by atoms with Crippen molar-refractivity contribution in [3.8, 4) is 5.75 Å². The van der Waals surface area contributed by atoms with Crippen LogP contribution in [0.3, 0.4) is 0 Å². The Morgan fingerprint density at radius 1 is 0.917 bits per heavy atom. The minimum absolute atomic E-state index is 0. The van der Waals surface area contributed by atoms with Crippen molar-refractivity contribution in [3.63, 3.8) is 0 Å². The standard InChI is InChI=1S/C29H31ClNO4.BrH/c30-25-11-13-26(14-12-25)34-20-19-31-17-15-22(16-18-31)27(21-31)35-28(32)29(33,23-7-3-1-4-8-23)24-9-5-2-6-10-24;/h1-14,22,27,33H,15-21H2;1H/q+1;/p-1. The molecule has 0 aromatic heterocycles. The van der Waals surface area contributed by atoms with Crippen molar-refractivity contribution in [2.45, 2.75) is 24.5 Å². The first-order chi connectivity index (χ1) is 17.0. The summed E-state index contributed by atoms with van der Waals surface area (Å²) in [7, 11) is 0. The molecule has 3 aliphatic rings. The molecule has 1 atom stereocenters. The van der Waals surface area contributed by atoms with Gasteiger partial charge in [-0.15, -0.1) is 0 Å². The fraction of sp³-hybridized carbons (Fsp3) is 0.345. The molecule has 0 amide bonds. The zero-order valence-electron chi connectivity index (χ0n) is 20.1. The van der Waals surface area contributed by atoms with Crippen LogP contribution in [0, 0.1) is 5.92 Å². The van der Waals surface area contributed by atoms with Crippen LogP contribution in [0.25, 0.3) is 0 Å². The predicted octanol–water partition coefficient (Wildman–Crippen LogP) is 1.81. The molecule has 190 valence electrons. The number of aliphatic hydroxyl groups is 1. The molecule has 3 fully saturated rings. The van der Waals surface area contributed by atoms with Gasteiger partial charge in [-0.05, 0) is 35.4 Å². The summed E-state index contributed by atoms with van der Waals surface area (Å²) in [4.78, 5) is 13.6. The van der Waals surface area contributed by atoms with Gasteiger partial charge in [0.2, 0.25) is 5.60 Å². The lowest BCUT2D eigenvalue weighted by Crippen LogP contribution is -3.00. The van der Waals surface area contributed by atoms with Crippen molar-refractivity contribution in [2.24, 2.45) is 5.92 Å². The van der Waals surface area contributed by atoms with Crippen molar-refractivity contribution in [2.75, 3.05) is 32.8 Å². The van der Waals surface area contributed by atoms with E-state index in [2.05, 4.69) is 0 Å². The molecule has 3 aromatic rings. The number of ether oxygens (including phenoxy) is 2. The Balaban J connectivity index is 0.00000304. The number of benzene rings is 3. The van der Waals surface area contributed by atoms with Gasteiger partial charge in [-0.2, -0.15) is 0 Å². The zero-order valence-corrected chi connectivity index (χ0v) is 22.4. The number of hydrogen-bond acceptors (Lipinski definition) is 4. The van der Waals surface area contributed by atoms with Crippen LogP contribution in [0.15, 0.2) is 84.9 Å². The Labute approximate surface area is 228 Å². The minimum atomic E-state index is -1.85. The van der Waals surface area contributed by atoms with Crippen LogP contribution < -0.4 is 21.7 Å². The molecule has 1 unspecified atom stereocenters. The fourth-order valence-electron chi connectivity index (χ4n) is 5.54. The van der Waals surface area contributed by atoms with Gasteiger partial charge in [0.05, 0.1) is 13.1 Å². The highest BCUT2D eigenvalue weighted by molar-refractivity contribution is 6.30. The van der Waals surface area contributed by atoms with Crippen molar-refractivity contribution < 1.29 is 40.8 Å². The van der Waals surface area contributed by atoms with Gasteiger partial charge in [-0.3, -0.25) is 0 Å². The molecule has 0 spiro atoms. The SMILES string of the molecule is O=C(OC1C[N+]2(CCOc3ccc(Cl)cc3)CCC1CC2)C(O)(c1ccccc1)c1ccccc1.[Br-]. The summed E-state index contributed by atoms with van der Waals surface area (Å²) in [6.07, 6.45) is 1.79. The van der Waals surface area contributed by atoms with Crippen LogP contribution in [0.2, 0.25) is 5.02 Å². The van der Waals surface area contributed by atoms with E-state index >= 15 is 0 Å². The number of carbonyl (C=O) groups excluding carboxylic acids is 1. The third-order valence-electron chi connectivity index (χ3n) is 7.63. The lowest BCUT2D eigenvalue weighted by molar-refractivity contribution is -0.946. The molecule has 36 heavy (non-hydrogen) atoms. The summed E-state index contributed by atoms with van der Waals surface area (Å²) >= 11 is 5.97. The topological polar surface area (TPSA) is 55.8 Å². The number of carbonyl (C=O) groups is 1. The molecule has 3 heterocycles. The highest BCUT2D eigenvalue weighted by Gasteiger charge is 2.50. The molecule has 0 aliphatic carbocycles. The number of fused-ring (bicyclic) bond motifs is 3. The molecular formula is C29H31BrClNO4. The van der Waals surface area contributed by atoms with Crippen LogP contribution in [-0.4, -0.2) is 54.4 Å². The Bertz CT molecular complexity index is 1100. The number of nitrogens with zero attached hydrogens (tertiary/aromatic N) is 1. The van der Waals surface area contributed by atoms with Crippen molar-refractivity contribution in [1.29, 1.82) is 0 Å². The second-order valence-electron chi connectivity index (χ2n) is 9.72. The van der Waals surface area contributed by atoms with E-state index in [4.69, 9.17) is 21.1 Å². The van der Waals surface area contributed by atoms with Crippen LogP contribution >= 0.6 is 11.6 Å². The second kappa shape index (κ2) is 11.3. The van der Waals surface area contributed by atoms with E-state index in [1.807, 2.05) is 60.7 Å². The Morgan fingerprint density at radius 3 is 2.03 bits per heavy atom. The number of esters is 1. The smallest absolute Gasteiger partial charge is 0.348 e. The number of rotatable bonds is 8. The second-order valence-corrected chi connectivity index (χ2v) is 10.2. The van der Waals surface area contributed by atoms with Gasteiger partial charge in [-0.25, -0.2) is 4.79 Å². The highest BCUT2D eigenvalue weighted by Crippen LogP contribution is 2.38. The molecule has 7 heteroatoms. The van der Waals surface area contributed by atoms with Gasteiger partial charge in [-0.1, -0.05) is 72.3 Å². The molecule has 3 saturated heterocycles. The third kappa shape index (κ3) is 5.47. The fourth-order valence-corrected chi connectivity index (χ4v) is 5.67.